The monoisotopic (exact) mass is 427 g/mol. The van der Waals surface area contributed by atoms with E-state index in [4.69, 9.17) is 0 Å². The average Bonchev–Trinajstić information content (AvgIpc) is 2.65. The molecule has 3 aromatic rings. The van der Waals surface area contributed by atoms with Crippen LogP contribution in [0.4, 0.5) is 17.2 Å². The minimum absolute atomic E-state index is 0.301. The summed E-state index contributed by atoms with van der Waals surface area (Å²) in [6.07, 6.45) is 4.72. The van der Waals surface area contributed by atoms with E-state index in [0.29, 0.717) is 6.42 Å². The number of pyridine rings is 2. The van der Waals surface area contributed by atoms with Gasteiger partial charge in [-0.3, -0.25) is 4.98 Å². The van der Waals surface area contributed by atoms with E-state index in [-0.39, 0.29) is 0 Å². The second-order valence-electron chi connectivity index (χ2n) is 6.48. The molecule has 0 radical (unpaired) electrons. The van der Waals surface area contributed by atoms with Crippen LogP contribution in [-0.4, -0.2) is 48.3 Å². The van der Waals surface area contributed by atoms with Crippen LogP contribution in [0.25, 0.3) is 10.9 Å². The molecule has 6 nitrogen and oxygen atoms in total. The molecule has 0 bridgehead atoms. The summed E-state index contributed by atoms with van der Waals surface area (Å²) in [5.74, 6) is 0.831. The van der Waals surface area contributed by atoms with E-state index in [2.05, 4.69) is 41.4 Å². The van der Waals surface area contributed by atoms with Crippen molar-refractivity contribution in [1.29, 1.82) is 0 Å². The van der Waals surface area contributed by atoms with Crippen molar-refractivity contribution in [3.8, 4) is 0 Å². The number of aldehydes is 1. The third-order valence-electron chi connectivity index (χ3n) is 4.11. The van der Waals surface area contributed by atoms with Gasteiger partial charge in [-0.05, 0) is 44.4 Å². The maximum absolute atomic E-state index is 11.1. The predicted octanol–water partition coefficient (Wildman–Crippen LogP) is 3.85. The largest absolute Gasteiger partial charge is 0.369 e. The smallest absolute Gasteiger partial charge is 0.126 e. The number of anilines is 3. The van der Waals surface area contributed by atoms with E-state index in [1.807, 2.05) is 44.4 Å². The minimum atomic E-state index is 0.301. The van der Waals surface area contributed by atoms with Crippen LogP contribution in [-0.2, 0) is 11.2 Å². The number of benzene rings is 1. The summed E-state index contributed by atoms with van der Waals surface area (Å²) in [4.78, 5) is 22.1. The summed E-state index contributed by atoms with van der Waals surface area (Å²) < 4.78 is 0.960. The zero-order valence-corrected chi connectivity index (χ0v) is 17.0. The normalized spacial score (nSPS) is 11.0. The van der Waals surface area contributed by atoms with Gasteiger partial charge in [0.2, 0.25) is 0 Å². The summed E-state index contributed by atoms with van der Waals surface area (Å²) in [5.41, 5.74) is 3.45. The summed E-state index contributed by atoms with van der Waals surface area (Å²) in [6, 6.07) is 9.82. The number of hydrogen-bond acceptors (Lipinski definition) is 6. The Balaban J connectivity index is 1.85. The van der Waals surface area contributed by atoms with Crippen LogP contribution in [0, 0.1) is 0 Å². The third kappa shape index (κ3) is 5.02. The lowest BCUT2D eigenvalue weighted by atomic mass is 10.1. The van der Waals surface area contributed by atoms with E-state index in [1.165, 1.54) is 0 Å². The molecule has 7 heteroatoms. The number of hydrogen-bond donors (Lipinski definition) is 2. The molecule has 3 rings (SSSR count). The van der Waals surface area contributed by atoms with Crippen LogP contribution < -0.4 is 10.6 Å². The van der Waals surface area contributed by atoms with Gasteiger partial charge in [-0.2, -0.15) is 0 Å². The van der Waals surface area contributed by atoms with Crippen LogP contribution in [0.1, 0.15) is 5.56 Å². The van der Waals surface area contributed by atoms with Crippen LogP contribution in [0.15, 0.2) is 47.2 Å². The highest BCUT2D eigenvalue weighted by Gasteiger charge is 2.10. The Bertz CT molecular complexity index is 928. The first kappa shape index (κ1) is 19.3. The highest BCUT2D eigenvalue weighted by atomic mass is 79.9. The quantitative estimate of drug-likeness (QED) is 0.532. The summed E-state index contributed by atoms with van der Waals surface area (Å²) in [5, 5.41) is 7.66. The molecular formula is C20H22BrN5O. The molecule has 0 atom stereocenters. The second-order valence-corrected chi connectivity index (χ2v) is 7.39. The zero-order valence-electron chi connectivity index (χ0n) is 15.4. The van der Waals surface area contributed by atoms with Gasteiger partial charge < -0.3 is 20.3 Å². The fraction of sp³-hybridized carbons (Fsp3) is 0.250. The summed E-state index contributed by atoms with van der Waals surface area (Å²) in [7, 11) is 4.08. The number of fused-ring (bicyclic) bond motifs is 1. The average molecular weight is 428 g/mol. The molecule has 0 unspecified atom stereocenters. The molecule has 0 aliphatic rings. The lowest BCUT2D eigenvalue weighted by Gasteiger charge is -2.15. The van der Waals surface area contributed by atoms with Gasteiger partial charge in [0.25, 0.3) is 0 Å². The number of nitrogens with one attached hydrogen (secondary N) is 2. The molecule has 2 aromatic heterocycles. The first-order valence-corrected chi connectivity index (χ1v) is 9.48. The summed E-state index contributed by atoms with van der Waals surface area (Å²) in [6.45, 7) is 1.77. The Morgan fingerprint density at radius 2 is 2.00 bits per heavy atom. The van der Waals surface area contributed by atoms with Crippen molar-refractivity contribution in [2.45, 2.75) is 6.42 Å². The van der Waals surface area contributed by atoms with Gasteiger partial charge in [-0.1, -0.05) is 15.9 Å². The molecule has 2 N–H and O–H groups in total. The Morgan fingerprint density at radius 1 is 1.15 bits per heavy atom. The molecular weight excluding hydrogens is 406 g/mol. The number of carbonyl (C=O) groups excluding carboxylic acids is 1. The van der Waals surface area contributed by atoms with Gasteiger partial charge in [-0.25, -0.2) is 4.98 Å². The van der Waals surface area contributed by atoms with Crippen molar-refractivity contribution in [1.82, 2.24) is 14.9 Å². The molecule has 0 aliphatic heterocycles. The van der Waals surface area contributed by atoms with E-state index < -0.39 is 0 Å². The highest BCUT2D eigenvalue weighted by Crippen LogP contribution is 2.31. The molecule has 0 amide bonds. The molecule has 0 fully saturated rings. The Kier molecular flexibility index (Phi) is 6.36. The maximum Gasteiger partial charge on any atom is 0.126 e. The van der Waals surface area contributed by atoms with E-state index in [9.17, 15) is 4.79 Å². The van der Waals surface area contributed by atoms with Crippen LogP contribution >= 0.6 is 15.9 Å². The molecule has 27 heavy (non-hydrogen) atoms. The molecule has 0 aliphatic carbocycles. The fourth-order valence-corrected chi connectivity index (χ4v) is 3.08. The van der Waals surface area contributed by atoms with E-state index >= 15 is 0 Å². The fourth-order valence-electron chi connectivity index (χ4n) is 2.72. The number of rotatable bonds is 8. The van der Waals surface area contributed by atoms with Crippen molar-refractivity contribution in [2.24, 2.45) is 0 Å². The lowest BCUT2D eigenvalue weighted by Crippen LogP contribution is -2.21. The zero-order chi connectivity index (χ0) is 19.2. The van der Waals surface area contributed by atoms with Gasteiger partial charge in [0.05, 0.1) is 23.1 Å². The Morgan fingerprint density at radius 3 is 2.70 bits per heavy atom. The molecule has 0 saturated heterocycles. The molecule has 1 aromatic carbocycles. The van der Waals surface area contributed by atoms with Crippen LogP contribution in [0.3, 0.4) is 0 Å². The molecule has 0 spiro atoms. The van der Waals surface area contributed by atoms with Crippen molar-refractivity contribution < 1.29 is 4.79 Å². The third-order valence-corrected chi connectivity index (χ3v) is 4.60. The highest BCUT2D eigenvalue weighted by molar-refractivity contribution is 9.10. The van der Waals surface area contributed by atoms with Crippen molar-refractivity contribution in [2.75, 3.05) is 37.8 Å². The first-order valence-electron chi connectivity index (χ1n) is 8.69. The minimum Gasteiger partial charge on any atom is -0.369 e. The number of carbonyl (C=O) groups is 1. The SMILES string of the molecule is CN(C)CCNc1ccc(Nc2c(CC=O)cnc3ccc(Br)cc23)cn1. The lowest BCUT2D eigenvalue weighted by molar-refractivity contribution is -0.107. The Labute approximate surface area is 167 Å². The van der Waals surface area contributed by atoms with Crippen molar-refractivity contribution in [3.63, 3.8) is 0 Å². The molecule has 0 saturated carbocycles. The number of nitrogens with zero attached hydrogens (tertiary/aromatic N) is 3. The number of halogens is 1. The van der Waals surface area contributed by atoms with Crippen molar-refractivity contribution >= 4 is 50.3 Å². The number of likely N-dealkylation sites (N-methyl/N-ethyl adjacent to an activating group) is 1. The first-order chi connectivity index (χ1) is 13.1. The Hall–Kier alpha value is -2.51. The van der Waals surface area contributed by atoms with Crippen molar-refractivity contribution in [3.05, 3.63) is 52.8 Å². The maximum atomic E-state index is 11.1. The van der Waals surface area contributed by atoms with Crippen LogP contribution in [0.5, 0.6) is 0 Å². The second kappa shape index (κ2) is 8.92. The summed E-state index contributed by atoms with van der Waals surface area (Å²) >= 11 is 3.51. The predicted molar refractivity (Wildman–Crippen MR) is 114 cm³/mol. The topological polar surface area (TPSA) is 70.2 Å². The number of aromatic nitrogens is 2. The van der Waals surface area contributed by atoms with Gasteiger partial charge in [0, 0.05) is 41.1 Å². The molecule has 2 heterocycles. The van der Waals surface area contributed by atoms with Gasteiger partial charge in [0.1, 0.15) is 12.1 Å². The standard InChI is InChI=1S/C20H22BrN5O/c1-26(2)9-8-22-19-6-4-16(13-24-19)25-20-14(7-10-27)12-23-18-5-3-15(21)11-17(18)20/h3-6,10-13H,7-9H2,1-2H3,(H,22,24)(H,23,25). The van der Waals surface area contributed by atoms with Gasteiger partial charge >= 0.3 is 0 Å². The molecule has 140 valence electrons. The van der Waals surface area contributed by atoms with E-state index in [0.717, 1.165) is 57.5 Å². The van der Waals surface area contributed by atoms with Crippen LogP contribution in [0.2, 0.25) is 0 Å². The van der Waals surface area contributed by atoms with Gasteiger partial charge in [-0.15, -0.1) is 0 Å². The van der Waals surface area contributed by atoms with Gasteiger partial charge in [0.15, 0.2) is 0 Å². The van der Waals surface area contributed by atoms with E-state index in [1.54, 1.807) is 12.4 Å².